The molecule has 2 nitrogen and oxygen atoms in total. The van der Waals surface area contributed by atoms with Gasteiger partial charge in [-0.15, -0.1) is 11.8 Å². The van der Waals surface area contributed by atoms with Gasteiger partial charge in [-0.25, -0.2) is 9.37 Å². The molecule has 2 aromatic heterocycles. The minimum Gasteiger partial charge on any atom is -0.305 e. The first kappa shape index (κ1) is 13.7. The zero-order valence-corrected chi connectivity index (χ0v) is 12.5. The van der Waals surface area contributed by atoms with Crippen molar-refractivity contribution in [2.45, 2.75) is 10.6 Å². The molecule has 2 heterocycles. The van der Waals surface area contributed by atoms with E-state index < -0.39 is 5.82 Å². The van der Waals surface area contributed by atoms with Crippen molar-refractivity contribution in [2.75, 3.05) is 0 Å². The molecule has 0 amide bonds. The summed E-state index contributed by atoms with van der Waals surface area (Å²) in [5, 5.41) is 0.802. The molecule has 0 radical (unpaired) electrons. The van der Waals surface area contributed by atoms with Gasteiger partial charge < -0.3 is 4.40 Å². The van der Waals surface area contributed by atoms with Crippen molar-refractivity contribution in [2.24, 2.45) is 0 Å². The molecule has 102 valence electrons. The standard InChI is InChI=1S/C14H9Cl2FN2S/c15-9-1-4-14-18-10(7-19(14)6-9)8-20-11-2-3-13(17)12(16)5-11/h1-7H,8H2. The highest BCUT2D eigenvalue weighted by Gasteiger charge is 2.05. The third-order valence-electron chi connectivity index (χ3n) is 2.74. The number of halogens is 3. The smallest absolute Gasteiger partial charge is 0.141 e. The lowest BCUT2D eigenvalue weighted by atomic mass is 10.3. The van der Waals surface area contributed by atoms with E-state index in [9.17, 15) is 4.39 Å². The van der Waals surface area contributed by atoms with Gasteiger partial charge in [-0.2, -0.15) is 0 Å². The number of fused-ring (bicyclic) bond motifs is 1. The first-order valence-corrected chi connectivity index (χ1v) is 7.57. The van der Waals surface area contributed by atoms with Crippen LogP contribution < -0.4 is 0 Å². The Labute approximate surface area is 129 Å². The maximum absolute atomic E-state index is 13.1. The number of imidazole rings is 1. The summed E-state index contributed by atoms with van der Waals surface area (Å²) in [4.78, 5) is 5.39. The Morgan fingerprint density at radius 3 is 2.80 bits per heavy atom. The Morgan fingerprint density at radius 2 is 2.00 bits per heavy atom. The molecule has 0 aliphatic rings. The van der Waals surface area contributed by atoms with Crippen molar-refractivity contribution in [3.63, 3.8) is 0 Å². The summed E-state index contributed by atoms with van der Waals surface area (Å²) in [7, 11) is 0. The van der Waals surface area contributed by atoms with E-state index in [0.717, 1.165) is 16.2 Å². The van der Waals surface area contributed by atoms with E-state index in [1.165, 1.54) is 6.07 Å². The second-order valence-electron chi connectivity index (χ2n) is 4.21. The lowest BCUT2D eigenvalue weighted by Gasteiger charge is -2.00. The fraction of sp³-hybridized carbons (Fsp3) is 0.0714. The molecule has 1 aromatic carbocycles. The number of benzene rings is 1. The van der Waals surface area contributed by atoms with E-state index in [1.807, 2.05) is 22.9 Å². The van der Waals surface area contributed by atoms with Crippen LogP contribution in [0.5, 0.6) is 0 Å². The predicted octanol–water partition coefficient (Wildman–Crippen LogP) is 5.07. The zero-order chi connectivity index (χ0) is 14.1. The molecular weight excluding hydrogens is 318 g/mol. The summed E-state index contributed by atoms with van der Waals surface area (Å²) in [5.41, 5.74) is 1.78. The summed E-state index contributed by atoms with van der Waals surface area (Å²) < 4.78 is 15.0. The van der Waals surface area contributed by atoms with Gasteiger partial charge in [-0.05, 0) is 30.3 Å². The molecule has 0 aliphatic heterocycles. The van der Waals surface area contributed by atoms with Crippen LogP contribution in [0.4, 0.5) is 4.39 Å². The lowest BCUT2D eigenvalue weighted by molar-refractivity contribution is 0.627. The Kier molecular flexibility index (Phi) is 3.87. The summed E-state index contributed by atoms with van der Waals surface area (Å²) in [6.45, 7) is 0. The molecular formula is C14H9Cl2FN2S. The molecule has 0 fully saturated rings. The maximum Gasteiger partial charge on any atom is 0.141 e. The maximum atomic E-state index is 13.1. The molecule has 3 aromatic rings. The van der Waals surface area contributed by atoms with Crippen molar-refractivity contribution in [1.29, 1.82) is 0 Å². The Bertz CT molecular complexity index is 773. The summed E-state index contributed by atoms with van der Waals surface area (Å²) in [5.74, 6) is 0.278. The Hall–Kier alpha value is -1.23. The molecule has 0 aliphatic carbocycles. The van der Waals surface area contributed by atoms with Crippen LogP contribution in [-0.2, 0) is 5.75 Å². The third-order valence-corrected chi connectivity index (χ3v) is 4.28. The number of nitrogens with zero attached hydrogens (tertiary/aromatic N) is 2. The van der Waals surface area contributed by atoms with Crippen LogP contribution in [0, 0.1) is 5.82 Å². The normalized spacial score (nSPS) is 11.2. The number of hydrogen-bond donors (Lipinski definition) is 0. The van der Waals surface area contributed by atoms with E-state index >= 15 is 0 Å². The van der Waals surface area contributed by atoms with Crippen LogP contribution >= 0.6 is 35.0 Å². The van der Waals surface area contributed by atoms with E-state index in [4.69, 9.17) is 23.2 Å². The van der Waals surface area contributed by atoms with Gasteiger partial charge in [-0.3, -0.25) is 0 Å². The van der Waals surface area contributed by atoms with Gasteiger partial charge >= 0.3 is 0 Å². The second-order valence-corrected chi connectivity index (χ2v) is 6.10. The SMILES string of the molecule is Fc1ccc(SCc2cn3cc(Cl)ccc3n2)cc1Cl. The van der Waals surface area contributed by atoms with Crippen LogP contribution in [0.15, 0.2) is 47.6 Å². The van der Waals surface area contributed by atoms with Gasteiger partial charge in [0.25, 0.3) is 0 Å². The fourth-order valence-electron chi connectivity index (χ4n) is 1.81. The van der Waals surface area contributed by atoms with Gasteiger partial charge in [0.2, 0.25) is 0 Å². The molecule has 6 heteroatoms. The topological polar surface area (TPSA) is 17.3 Å². The number of thioether (sulfide) groups is 1. The Morgan fingerprint density at radius 1 is 1.15 bits per heavy atom. The predicted molar refractivity (Wildman–Crippen MR) is 81.2 cm³/mol. The lowest BCUT2D eigenvalue weighted by Crippen LogP contribution is -1.81. The number of hydrogen-bond acceptors (Lipinski definition) is 2. The first-order valence-electron chi connectivity index (χ1n) is 5.83. The van der Waals surface area contributed by atoms with Gasteiger partial charge in [0.1, 0.15) is 11.5 Å². The molecule has 0 unspecified atom stereocenters. The molecule has 0 atom stereocenters. The largest absolute Gasteiger partial charge is 0.305 e. The minimum atomic E-state index is -0.404. The second kappa shape index (κ2) is 5.64. The van der Waals surface area contributed by atoms with Gasteiger partial charge in [0.05, 0.1) is 15.7 Å². The van der Waals surface area contributed by atoms with E-state index in [2.05, 4.69) is 4.98 Å². The van der Waals surface area contributed by atoms with Crippen molar-refractivity contribution in [3.8, 4) is 0 Å². The van der Waals surface area contributed by atoms with Crippen LogP contribution in [0.2, 0.25) is 10.0 Å². The first-order chi connectivity index (χ1) is 9.61. The highest BCUT2D eigenvalue weighted by atomic mass is 35.5. The average Bonchev–Trinajstić information content (AvgIpc) is 2.82. The fourth-order valence-corrected chi connectivity index (χ4v) is 3.04. The third kappa shape index (κ3) is 2.92. The van der Waals surface area contributed by atoms with Crippen molar-refractivity contribution >= 4 is 40.6 Å². The Balaban J connectivity index is 1.77. The van der Waals surface area contributed by atoms with Crippen molar-refractivity contribution in [3.05, 3.63) is 64.3 Å². The van der Waals surface area contributed by atoms with Crippen LogP contribution in [0.1, 0.15) is 5.69 Å². The molecule has 0 bridgehead atoms. The van der Waals surface area contributed by atoms with Gasteiger partial charge in [-0.1, -0.05) is 23.2 Å². The van der Waals surface area contributed by atoms with Crippen molar-refractivity contribution in [1.82, 2.24) is 9.38 Å². The number of aromatic nitrogens is 2. The molecule has 3 rings (SSSR count). The van der Waals surface area contributed by atoms with Gasteiger partial charge in [0.15, 0.2) is 0 Å². The number of rotatable bonds is 3. The summed E-state index contributed by atoms with van der Waals surface area (Å²) in [6, 6.07) is 8.37. The van der Waals surface area contributed by atoms with Crippen LogP contribution in [0.25, 0.3) is 5.65 Å². The zero-order valence-electron chi connectivity index (χ0n) is 10.2. The van der Waals surface area contributed by atoms with Crippen molar-refractivity contribution < 1.29 is 4.39 Å². The minimum absolute atomic E-state index is 0.136. The quantitative estimate of drug-likeness (QED) is 0.625. The number of pyridine rings is 1. The highest BCUT2D eigenvalue weighted by molar-refractivity contribution is 7.98. The van der Waals surface area contributed by atoms with E-state index in [0.29, 0.717) is 10.8 Å². The molecule has 20 heavy (non-hydrogen) atoms. The van der Waals surface area contributed by atoms with Crippen LogP contribution in [0.3, 0.4) is 0 Å². The average molecular weight is 327 g/mol. The van der Waals surface area contributed by atoms with Gasteiger partial charge in [0, 0.05) is 23.0 Å². The molecule has 0 N–H and O–H groups in total. The molecule has 0 spiro atoms. The summed E-state index contributed by atoms with van der Waals surface area (Å²) >= 11 is 13.2. The van der Waals surface area contributed by atoms with E-state index in [1.54, 1.807) is 30.0 Å². The monoisotopic (exact) mass is 326 g/mol. The van der Waals surface area contributed by atoms with E-state index in [-0.39, 0.29) is 5.02 Å². The highest BCUT2D eigenvalue weighted by Crippen LogP contribution is 2.26. The summed E-state index contributed by atoms with van der Waals surface area (Å²) in [6.07, 6.45) is 3.74. The molecule has 0 saturated carbocycles. The van der Waals surface area contributed by atoms with Crippen LogP contribution in [-0.4, -0.2) is 9.38 Å². The molecule has 0 saturated heterocycles.